The van der Waals surface area contributed by atoms with Gasteiger partial charge in [-0.05, 0) is 30.0 Å². The number of hydrogen-bond acceptors (Lipinski definition) is 3. The van der Waals surface area contributed by atoms with Crippen molar-refractivity contribution in [3.63, 3.8) is 0 Å². The molecule has 2 atom stereocenters. The maximum Gasteiger partial charge on any atom is 0.159 e. The fraction of sp³-hybridized carbons (Fsp3) is 0.500. The van der Waals surface area contributed by atoms with Crippen molar-refractivity contribution in [1.29, 1.82) is 0 Å². The van der Waals surface area contributed by atoms with E-state index in [-0.39, 0.29) is 12.0 Å². The fourth-order valence-corrected chi connectivity index (χ4v) is 1.77. The van der Waals surface area contributed by atoms with E-state index in [1.807, 2.05) is 6.92 Å². The molecule has 0 bridgehead atoms. The third kappa shape index (κ3) is 3.73. The lowest BCUT2D eigenvalue weighted by atomic mass is 9.92. The average Bonchev–Trinajstić information content (AvgIpc) is 2.32. The van der Waals surface area contributed by atoms with Gasteiger partial charge in [0.25, 0.3) is 0 Å². The molecule has 17 heavy (non-hydrogen) atoms. The standard InChI is InChI=1S/C12H18F2N2O/c1-8(5-6-17-2)12(16-15)9-3-4-10(13)11(14)7-9/h3-4,7-8,12,16H,5-6,15H2,1-2H3. The van der Waals surface area contributed by atoms with Crippen molar-refractivity contribution in [2.45, 2.75) is 19.4 Å². The van der Waals surface area contributed by atoms with Gasteiger partial charge in [0.15, 0.2) is 11.6 Å². The SMILES string of the molecule is COCCC(C)C(NN)c1ccc(F)c(F)c1. The molecule has 0 spiro atoms. The Morgan fingerprint density at radius 3 is 2.59 bits per heavy atom. The van der Waals surface area contributed by atoms with E-state index in [4.69, 9.17) is 10.6 Å². The summed E-state index contributed by atoms with van der Waals surface area (Å²) in [5.41, 5.74) is 3.26. The minimum atomic E-state index is -0.860. The van der Waals surface area contributed by atoms with Crippen molar-refractivity contribution in [3.8, 4) is 0 Å². The van der Waals surface area contributed by atoms with E-state index >= 15 is 0 Å². The van der Waals surface area contributed by atoms with Gasteiger partial charge in [-0.1, -0.05) is 13.0 Å². The van der Waals surface area contributed by atoms with E-state index in [9.17, 15) is 8.78 Å². The van der Waals surface area contributed by atoms with E-state index in [1.54, 1.807) is 7.11 Å². The normalized spacial score (nSPS) is 14.6. The monoisotopic (exact) mass is 244 g/mol. The van der Waals surface area contributed by atoms with Crippen molar-refractivity contribution >= 4 is 0 Å². The summed E-state index contributed by atoms with van der Waals surface area (Å²) in [7, 11) is 1.62. The van der Waals surface area contributed by atoms with Gasteiger partial charge in [-0.3, -0.25) is 11.3 Å². The zero-order valence-corrected chi connectivity index (χ0v) is 10.0. The van der Waals surface area contributed by atoms with E-state index in [0.29, 0.717) is 12.2 Å². The van der Waals surface area contributed by atoms with Crippen LogP contribution in [0, 0.1) is 17.6 Å². The highest BCUT2D eigenvalue weighted by Gasteiger charge is 2.19. The summed E-state index contributed by atoms with van der Waals surface area (Å²) in [6.45, 7) is 2.58. The first kappa shape index (κ1) is 14.0. The number of nitrogens with one attached hydrogen (secondary N) is 1. The van der Waals surface area contributed by atoms with Gasteiger partial charge >= 0.3 is 0 Å². The Hall–Kier alpha value is -1.04. The minimum absolute atomic E-state index is 0.157. The molecule has 0 saturated carbocycles. The van der Waals surface area contributed by atoms with Crippen LogP contribution >= 0.6 is 0 Å². The molecular formula is C12H18F2N2O. The minimum Gasteiger partial charge on any atom is -0.385 e. The smallest absolute Gasteiger partial charge is 0.159 e. The molecule has 0 radical (unpaired) electrons. The summed E-state index contributed by atoms with van der Waals surface area (Å²) in [6.07, 6.45) is 0.782. The molecule has 0 amide bonds. The van der Waals surface area contributed by atoms with Gasteiger partial charge in [-0.2, -0.15) is 0 Å². The molecule has 0 aliphatic carbocycles. The Kier molecular flexibility index (Phi) is 5.47. The first-order valence-electron chi connectivity index (χ1n) is 5.50. The highest BCUT2D eigenvalue weighted by Crippen LogP contribution is 2.25. The summed E-state index contributed by atoms with van der Waals surface area (Å²) in [5.74, 6) is 3.90. The average molecular weight is 244 g/mol. The fourth-order valence-electron chi connectivity index (χ4n) is 1.77. The van der Waals surface area contributed by atoms with E-state index in [1.165, 1.54) is 12.1 Å². The maximum absolute atomic E-state index is 13.1. The highest BCUT2D eigenvalue weighted by molar-refractivity contribution is 5.21. The van der Waals surface area contributed by atoms with Gasteiger partial charge in [0.05, 0.1) is 0 Å². The molecule has 0 aliphatic rings. The molecule has 3 nitrogen and oxygen atoms in total. The summed E-state index contributed by atoms with van der Waals surface area (Å²) < 4.78 is 30.9. The van der Waals surface area contributed by atoms with Crippen LogP contribution in [0.15, 0.2) is 18.2 Å². The lowest BCUT2D eigenvalue weighted by Gasteiger charge is -2.23. The van der Waals surface area contributed by atoms with Crippen LogP contribution in [0.2, 0.25) is 0 Å². The van der Waals surface area contributed by atoms with Gasteiger partial charge in [0, 0.05) is 19.8 Å². The van der Waals surface area contributed by atoms with Crippen molar-refractivity contribution < 1.29 is 13.5 Å². The Balaban J connectivity index is 2.81. The highest BCUT2D eigenvalue weighted by atomic mass is 19.2. The molecule has 5 heteroatoms. The Labute approximate surface area is 99.9 Å². The molecule has 96 valence electrons. The largest absolute Gasteiger partial charge is 0.385 e. The van der Waals surface area contributed by atoms with Crippen molar-refractivity contribution in [2.75, 3.05) is 13.7 Å². The molecule has 1 rings (SSSR count). The molecule has 1 aromatic rings. The lowest BCUT2D eigenvalue weighted by molar-refractivity contribution is 0.170. The summed E-state index contributed by atoms with van der Waals surface area (Å²) in [4.78, 5) is 0. The number of hydrogen-bond donors (Lipinski definition) is 2. The predicted molar refractivity (Wildman–Crippen MR) is 62.1 cm³/mol. The quantitative estimate of drug-likeness (QED) is 0.595. The van der Waals surface area contributed by atoms with Crippen LogP contribution in [-0.2, 0) is 4.74 Å². The Bertz CT molecular complexity index is 360. The molecule has 0 saturated heterocycles. The van der Waals surface area contributed by atoms with Crippen LogP contribution in [0.25, 0.3) is 0 Å². The van der Waals surface area contributed by atoms with E-state index in [2.05, 4.69) is 5.43 Å². The van der Waals surface area contributed by atoms with Crippen LogP contribution in [0.4, 0.5) is 8.78 Å². The van der Waals surface area contributed by atoms with Crippen LogP contribution in [-0.4, -0.2) is 13.7 Å². The van der Waals surface area contributed by atoms with Gasteiger partial charge in [0.1, 0.15) is 0 Å². The summed E-state index contributed by atoms with van der Waals surface area (Å²) in [5, 5.41) is 0. The molecule has 3 N–H and O–H groups in total. The Morgan fingerprint density at radius 1 is 1.35 bits per heavy atom. The van der Waals surface area contributed by atoms with E-state index in [0.717, 1.165) is 12.5 Å². The third-order valence-corrected chi connectivity index (χ3v) is 2.83. The van der Waals surface area contributed by atoms with Crippen LogP contribution < -0.4 is 11.3 Å². The zero-order chi connectivity index (χ0) is 12.8. The number of halogens is 2. The number of methoxy groups -OCH3 is 1. The predicted octanol–water partition coefficient (Wildman–Crippen LogP) is 2.14. The maximum atomic E-state index is 13.1. The van der Waals surface area contributed by atoms with Gasteiger partial charge < -0.3 is 4.74 Å². The van der Waals surface area contributed by atoms with Gasteiger partial charge in [0.2, 0.25) is 0 Å². The molecular weight excluding hydrogens is 226 g/mol. The second-order valence-electron chi connectivity index (χ2n) is 4.08. The number of nitrogens with two attached hydrogens (primary N) is 1. The zero-order valence-electron chi connectivity index (χ0n) is 10.0. The second kappa shape index (κ2) is 6.64. The van der Waals surface area contributed by atoms with Crippen molar-refractivity contribution in [1.82, 2.24) is 5.43 Å². The summed E-state index contributed by atoms with van der Waals surface area (Å²) >= 11 is 0. The second-order valence-corrected chi connectivity index (χ2v) is 4.08. The van der Waals surface area contributed by atoms with Crippen LogP contribution in [0.5, 0.6) is 0 Å². The van der Waals surface area contributed by atoms with Crippen LogP contribution in [0.1, 0.15) is 24.9 Å². The molecule has 0 fully saturated rings. The molecule has 0 aliphatic heterocycles. The number of rotatable bonds is 6. The van der Waals surface area contributed by atoms with Gasteiger partial charge in [-0.25, -0.2) is 8.78 Å². The molecule has 1 aromatic carbocycles. The van der Waals surface area contributed by atoms with Gasteiger partial charge in [-0.15, -0.1) is 0 Å². The van der Waals surface area contributed by atoms with E-state index < -0.39 is 11.6 Å². The molecule has 0 aromatic heterocycles. The Morgan fingerprint density at radius 2 is 2.06 bits per heavy atom. The van der Waals surface area contributed by atoms with Crippen molar-refractivity contribution in [2.24, 2.45) is 11.8 Å². The number of benzene rings is 1. The van der Waals surface area contributed by atoms with Crippen LogP contribution in [0.3, 0.4) is 0 Å². The number of ether oxygens (including phenoxy) is 1. The lowest BCUT2D eigenvalue weighted by Crippen LogP contribution is -2.33. The number of hydrazine groups is 1. The first-order chi connectivity index (χ1) is 8.10. The third-order valence-electron chi connectivity index (χ3n) is 2.83. The molecule has 0 heterocycles. The first-order valence-corrected chi connectivity index (χ1v) is 5.50. The molecule has 2 unspecified atom stereocenters. The summed E-state index contributed by atoms with van der Waals surface area (Å²) in [6, 6.07) is 3.59. The van der Waals surface area contributed by atoms with Crippen molar-refractivity contribution in [3.05, 3.63) is 35.4 Å². The topological polar surface area (TPSA) is 47.3 Å².